The molecule has 0 radical (unpaired) electrons. The minimum Gasteiger partial charge on any atom is -0.294 e. The fraction of sp³-hybridized carbons (Fsp3) is 0.227. The van der Waals surface area contributed by atoms with Crippen molar-refractivity contribution in [2.75, 3.05) is 11.4 Å². The summed E-state index contributed by atoms with van der Waals surface area (Å²) in [5, 5.41) is 0. The highest BCUT2D eigenvalue weighted by atomic mass is 32.2. The van der Waals surface area contributed by atoms with E-state index in [-0.39, 0.29) is 17.3 Å². The van der Waals surface area contributed by atoms with Crippen LogP contribution in [0.3, 0.4) is 0 Å². The van der Waals surface area contributed by atoms with Gasteiger partial charge in [-0.15, -0.1) is 12.5 Å². The maximum atomic E-state index is 13.3. The van der Waals surface area contributed by atoms with Gasteiger partial charge in [0.2, 0.25) is 15.9 Å². The van der Waals surface area contributed by atoms with Crippen LogP contribution in [0.5, 0.6) is 0 Å². The van der Waals surface area contributed by atoms with Gasteiger partial charge in [-0.3, -0.25) is 9.69 Å². The van der Waals surface area contributed by atoms with E-state index >= 15 is 0 Å². The maximum Gasteiger partial charge on any atom is 0.249 e. The van der Waals surface area contributed by atoms with Crippen molar-refractivity contribution in [1.29, 1.82) is 0 Å². The van der Waals surface area contributed by atoms with E-state index in [9.17, 15) is 13.2 Å². The van der Waals surface area contributed by atoms with E-state index in [4.69, 9.17) is 0 Å². The number of sulfonamides is 1. The molecule has 28 heavy (non-hydrogen) atoms. The lowest BCUT2D eigenvalue weighted by molar-refractivity contribution is -0.128. The van der Waals surface area contributed by atoms with Gasteiger partial charge in [0.05, 0.1) is 4.90 Å². The molecule has 1 heterocycles. The molecule has 1 fully saturated rings. The van der Waals surface area contributed by atoms with Crippen LogP contribution in [0.15, 0.2) is 72.1 Å². The van der Waals surface area contributed by atoms with E-state index in [1.165, 1.54) is 10.4 Å². The van der Waals surface area contributed by atoms with Gasteiger partial charge in [-0.2, -0.15) is 4.31 Å². The van der Waals surface area contributed by atoms with Gasteiger partial charge in [0, 0.05) is 12.2 Å². The Morgan fingerprint density at radius 2 is 1.79 bits per heavy atom. The average molecular weight is 394 g/mol. The maximum absolute atomic E-state index is 13.3. The monoisotopic (exact) mass is 394 g/mol. The van der Waals surface area contributed by atoms with Crippen LogP contribution in [0.1, 0.15) is 12.5 Å². The number of nitrogens with zero attached hydrogens (tertiary/aromatic N) is 2. The first-order valence-corrected chi connectivity index (χ1v) is 10.4. The van der Waals surface area contributed by atoms with E-state index in [0.29, 0.717) is 5.69 Å². The van der Waals surface area contributed by atoms with Crippen LogP contribution in [0, 0.1) is 18.8 Å². The standard InChI is InChI=1S/C22H22N2O3S/c1-4-9-20-21(22(25)24(20)18-10-7-6-8-11-18)23(16-5-2)28(26,27)19-14-12-17(3)13-15-19/h5-8,10-15,20-21H,2,16H2,1,3H3/t20-,21+/m0/s1. The Morgan fingerprint density at radius 3 is 2.36 bits per heavy atom. The molecule has 144 valence electrons. The van der Waals surface area contributed by atoms with Crippen molar-refractivity contribution in [2.45, 2.75) is 30.8 Å². The van der Waals surface area contributed by atoms with E-state index in [0.717, 1.165) is 5.56 Å². The molecule has 2 aromatic carbocycles. The number of benzene rings is 2. The Balaban J connectivity index is 2.01. The first-order valence-electron chi connectivity index (χ1n) is 8.91. The molecular formula is C22H22N2O3S. The van der Waals surface area contributed by atoms with E-state index < -0.39 is 22.1 Å². The van der Waals surface area contributed by atoms with Crippen LogP contribution in [0.2, 0.25) is 0 Å². The minimum absolute atomic E-state index is 0.0249. The highest BCUT2D eigenvalue weighted by molar-refractivity contribution is 7.89. The molecule has 3 rings (SSSR count). The molecule has 0 unspecified atom stereocenters. The summed E-state index contributed by atoms with van der Waals surface area (Å²) in [6.07, 6.45) is 1.49. The highest BCUT2D eigenvalue weighted by Gasteiger charge is 2.53. The Bertz CT molecular complexity index is 1030. The molecule has 1 saturated heterocycles. The van der Waals surface area contributed by atoms with Crippen LogP contribution < -0.4 is 4.90 Å². The van der Waals surface area contributed by atoms with Crippen molar-refractivity contribution in [3.05, 3.63) is 72.8 Å². The van der Waals surface area contributed by atoms with Crippen molar-refractivity contribution in [2.24, 2.45) is 0 Å². The number of carbonyl (C=O) groups excluding carboxylic acids is 1. The minimum atomic E-state index is -3.88. The number of β-lactam (4-membered cyclic amide) rings is 1. The number of aryl methyl sites for hydroxylation is 1. The Morgan fingerprint density at radius 1 is 1.14 bits per heavy atom. The lowest BCUT2D eigenvalue weighted by Gasteiger charge is -2.48. The second-order valence-corrected chi connectivity index (χ2v) is 8.39. The number of amides is 1. The normalized spacial score (nSPS) is 19.0. The summed E-state index contributed by atoms with van der Waals surface area (Å²) in [5.74, 6) is 5.53. The van der Waals surface area contributed by atoms with Gasteiger partial charge in [0.15, 0.2) is 0 Å². The number of rotatable bonds is 6. The Hall–Kier alpha value is -2.88. The van der Waals surface area contributed by atoms with Crippen LogP contribution in [0.25, 0.3) is 0 Å². The SMILES string of the molecule is C=CCN([C@H]1C(=O)N(c2ccccc2)[C@H]1C#CC)S(=O)(=O)c1ccc(C)cc1. The second-order valence-electron chi connectivity index (χ2n) is 6.50. The predicted molar refractivity (Wildman–Crippen MR) is 110 cm³/mol. The fourth-order valence-electron chi connectivity index (χ4n) is 3.26. The smallest absolute Gasteiger partial charge is 0.249 e. The molecular weight excluding hydrogens is 372 g/mol. The third-order valence-electron chi connectivity index (χ3n) is 4.64. The summed E-state index contributed by atoms with van der Waals surface area (Å²) in [4.78, 5) is 14.7. The number of para-hydroxylation sites is 1. The van der Waals surface area contributed by atoms with Crippen molar-refractivity contribution in [1.82, 2.24) is 4.31 Å². The fourth-order valence-corrected chi connectivity index (χ4v) is 4.81. The zero-order chi connectivity index (χ0) is 20.3. The molecule has 2 atom stereocenters. The summed E-state index contributed by atoms with van der Waals surface area (Å²) >= 11 is 0. The summed E-state index contributed by atoms with van der Waals surface area (Å²) < 4.78 is 27.7. The van der Waals surface area contributed by atoms with Crippen molar-refractivity contribution < 1.29 is 13.2 Å². The van der Waals surface area contributed by atoms with Crippen LogP contribution >= 0.6 is 0 Å². The quantitative estimate of drug-likeness (QED) is 0.430. The van der Waals surface area contributed by atoms with Gasteiger partial charge in [0.1, 0.15) is 12.1 Å². The third kappa shape index (κ3) is 3.47. The molecule has 0 spiro atoms. The topological polar surface area (TPSA) is 57.7 Å². The van der Waals surface area contributed by atoms with Crippen molar-refractivity contribution in [3.63, 3.8) is 0 Å². The molecule has 6 heteroatoms. The van der Waals surface area contributed by atoms with Crippen molar-refractivity contribution >= 4 is 21.6 Å². The highest BCUT2D eigenvalue weighted by Crippen LogP contribution is 2.34. The van der Waals surface area contributed by atoms with Gasteiger partial charge in [-0.05, 0) is 38.1 Å². The lowest BCUT2D eigenvalue weighted by Crippen LogP contribution is -2.71. The number of carbonyl (C=O) groups is 1. The average Bonchev–Trinajstić information content (AvgIpc) is 2.68. The summed E-state index contributed by atoms with van der Waals surface area (Å²) in [5.41, 5.74) is 1.65. The van der Waals surface area contributed by atoms with Gasteiger partial charge < -0.3 is 0 Å². The summed E-state index contributed by atoms with van der Waals surface area (Å²) in [7, 11) is -3.88. The first-order chi connectivity index (χ1) is 13.4. The van der Waals surface area contributed by atoms with Gasteiger partial charge in [-0.25, -0.2) is 8.42 Å². The van der Waals surface area contributed by atoms with Crippen LogP contribution in [0.4, 0.5) is 5.69 Å². The third-order valence-corrected chi connectivity index (χ3v) is 6.50. The summed E-state index contributed by atoms with van der Waals surface area (Å²) in [6.45, 7) is 7.26. The van der Waals surface area contributed by atoms with E-state index in [1.54, 1.807) is 36.1 Å². The molecule has 0 N–H and O–H groups in total. The van der Waals surface area contributed by atoms with Gasteiger partial charge in [0.25, 0.3) is 0 Å². The number of hydrogen-bond acceptors (Lipinski definition) is 3. The first kappa shape index (κ1) is 19.9. The molecule has 5 nitrogen and oxygen atoms in total. The summed E-state index contributed by atoms with van der Waals surface area (Å²) in [6, 6.07) is 14.3. The Labute approximate surface area is 166 Å². The molecule has 0 aromatic heterocycles. The van der Waals surface area contributed by atoms with Crippen molar-refractivity contribution in [3.8, 4) is 11.8 Å². The van der Waals surface area contributed by atoms with Crippen LogP contribution in [-0.4, -0.2) is 37.3 Å². The molecule has 1 aliphatic heterocycles. The zero-order valence-electron chi connectivity index (χ0n) is 15.9. The predicted octanol–water partition coefficient (Wildman–Crippen LogP) is 2.98. The van der Waals surface area contributed by atoms with Gasteiger partial charge in [-0.1, -0.05) is 47.9 Å². The largest absolute Gasteiger partial charge is 0.294 e. The number of anilines is 1. The molecule has 1 aliphatic rings. The van der Waals surface area contributed by atoms with E-state index in [1.807, 2.05) is 37.3 Å². The Kier molecular flexibility index (Phi) is 5.68. The van der Waals surface area contributed by atoms with Gasteiger partial charge >= 0.3 is 0 Å². The molecule has 2 aromatic rings. The molecule has 1 amide bonds. The molecule has 0 bridgehead atoms. The van der Waals surface area contributed by atoms with E-state index in [2.05, 4.69) is 18.4 Å². The lowest BCUT2D eigenvalue weighted by atomic mass is 9.94. The molecule has 0 aliphatic carbocycles. The zero-order valence-corrected chi connectivity index (χ0v) is 16.7. The van der Waals surface area contributed by atoms with Crippen LogP contribution in [-0.2, 0) is 14.8 Å². The number of hydrogen-bond donors (Lipinski definition) is 0. The second kappa shape index (κ2) is 8.01. The molecule has 0 saturated carbocycles.